The van der Waals surface area contributed by atoms with Gasteiger partial charge in [0.25, 0.3) is 0 Å². The molecule has 2 N–H and O–H groups in total. The van der Waals surface area contributed by atoms with Gasteiger partial charge in [0.05, 0.1) is 5.75 Å². The van der Waals surface area contributed by atoms with Crippen LogP contribution in [-0.4, -0.2) is 17.6 Å². The third-order valence-corrected chi connectivity index (χ3v) is 7.17. The first-order chi connectivity index (χ1) is 12.1. The number of carbonyl (C=O) groups is 2. The Balaban J connectivity index is 1.22. The molecule has 0 atom stereocenters. The lowest BCUT2D eigenvalue weighted by atomic mass is 9.49. The molecule has 1 aromatic carbocycles. The first kappa shape index (κ1) is 17.0. The fourth-order valence-corrected chi connectivity index (χ4v) is 6.45. The molecule has 5 rings (SSSR count). The fourth-order valence-electron chi connectivity index (χ4n) is 5.73. The topological polar surface area (TPSA) is 58.2 Å². The summed E-state index contributed by atoms with van der Waals surface area (Å²) in [5.41, 5.74) is 5.43. The van der Waals surface area contributed by atoms with E-state index in [1.807, 2.05) is 30.3 Å². The van der Waals surface area contributed by atoms with E-state index in [1.165, 1.54) is 50.3 Å². The number of amides is 2. The van der Waals surface area contributed by atoms with Crippen LogP contribution in [0.3, 0.4) is 0 Å². The molecule has 4 aliphatic carbocycles. The van der Waals surface area contributed by atoms with Crippen molar-refractivity contribution < 1.29 is 9.59 Å². The Morgan fingerprint density at radius 2 is 1.48 bits per heavy atom. The zero-order chi connectivity index (χ0) is 17.3. The van der Waals surface area contributed by atoms with Gasteiger partial charge in [0.15, 0.2) is 0 Å². The molecule has 0 heterocycles. The number of nitrogens with one attached hydrogen (secondary N) is 2. The number of rotatable bonds is 5. The summed E-state index contributed by atoms with van der Waals surface area (Å²) in [6.45, 7) is 0. The second kappa shape index (κ2) is 7.02. The summed E-state index contributed by atoms with van der Waals surface area (Å²) < 4.78 is 0. The van der Waals surface area contributed by atoms with Gasteiger partial charge < -0.3 is 0 Å². The lowest BCUT2D eigenvalue weighted by Gasteiger charge is -2.56. The Morgan fingerprint density at radius 3 is 2.08 bits per heavy atom. The van der Waals surface area contributed by atoms with Crippen LogP contribution in [0.1, 0.15) is 44.9 Å². The quantitative estimate of drug-likeness (QED) is 0.625. The highest BCUT2D eigenvalue weighted by Crippen LogP contribution is 2.61. The molecule has 4 aliphatic rings. The summed E-state index contributed by atoms with van der Waals surface area (Å²) in [4.78, 5) is 25.4. The molecule has 4 bridgehead atoms. The van der Waals surface area contributed by atoms with E-state index in [2.05, 4.69) is 10.9 Å². The van der Waals surface area contributed by atoms with Crippen molar-refractivity contribution in [3.63, 3.8) is 0 Å². The van der Waals surface area contributed by atoms with Gasteiger partial charge in [-0.25, -0.2) is 0 Å². The van der Waals surface area contributed by atoms with Crippen molar-refractivity contribution in [3.05, 3.63) is 30.3 Å². The van der Waals surface area contributed by atoms with Crippen molar-refractivity contribution >= 4 is 23.6 Å². The van der Waals surface area contributed by atoms with Crippen LogP contribution in [0.2, 0.25) is 0 Å². The summed E-state index contributed by atoms with van der Waals surface area (Å²) in [5.74, 6) is 2.65. The minimum atomic E-state index is -0.160. The van der Waals surface area contributed by atoms with Gasteiger partial charge in [-0.3, -0.25) is 20.4 Å². The smallest absolute Gasteiger partial charge is 0.248 e. The highest BCUT2D eigenvalue weighted by molar-refractivity contribution is 8.00. The van der Waals surface area contributed by atoms with Crippen LogP contribution in [-0.2, 0) is 9.59 Å². The van der Waals surface area contributed by atoms with E-state index < -0.39 is 0 Å². The van der Waals surface area contributed by atoms with Crippen LogP contribution in [0.15, 0.2) is 35.2 Å². The first-order valence-electron chi connectivity index (χ1n) is 9.36. The maximum absolute atomic E-state index is 12.4. The Morgan fingerprint density at radius 1 is 0.920 bits per heavy atom. The second-order valence-corrected chi connectivity index (χ2v) is 9.34. The van der Waals surface area contributed by atoms with Gasteiger partial charge in [0.2, 0.25) is 11.8 Å². The molecule has 1 aromatic rings. The third-order valence-electron chi connectivity index (χ3n) is 6.16. The molecule has 0 saturated heterocycles. The SMILES string of the molecule is O=C(CSc1ccccc1)NNC(=O)CC12CC3CC(CC(C3)C1)C2. The average molecular weight is 359 g/mol. The highest BCUT2D eigenvalue weighted by atomic mass is 32.2. The number of thioether (sulfide) groups is 1. The molecule has 25 heavy (non-hydrogen) atoms. The van der Waals surface area contributed by atoms with Crippen LogP contribution in [0.5, 0.6) is 0 Å². The number of benzene rings is 1. The fraction of sp³-hybridized carbons (Fsp3) is 0.600. The molecule has 5 heteroatoms. The van der Waals surface area contributed by atoms with Crippen molar-refractivity contribution in [2.24, 2.45) is 23.2 Å². The Labute approximate surface area is 153 Å². The third kappa shape index (κ3) is 4.02. The van der Waals surface area contributed by atoms with Gasteiger partial charge in [-0.1, -0.05) is 18.2 Å². The summed E-state index contributed by atoms with van der Waals surface area (Å²) in [6.07, 6.45) is 8.36. The van der Waals surface area contributed by atoms with E-state index in [9.17, 15) is 9.59 Å². The molecule has 4 nitrogen and oxygen atoms in total. The van der Waals surface area contributed by atoms with E-state index in [1.54, 1.807) is 0 Å². The molecule has 0 spiro atoms. The van der Waals surface area contributed by atoms with Gasteiger partial charge in [-0.2, -0.15) is 0 Å². The van der Waals surface area contributed by atoms with Gasteiger partial charge in [-0.05, 0) is 73.8 Å². The van der Waals surface area contributed by atoms with Crippen molar-refractivity contribution in [3.8, 4) is 0 Å². The van der Waals surface area contributed by atoms with Gasteiger partial charge in [-0.15, -0.1) is 11.8 Å². The zero-order valence-electron chi connectivity index (χ0n) is 14.5. The summed E-state index contributed by atoms with van der Waals surface area (Å²) >= 11 is 1.47. The van der Waals surface area contributed by atoms with Gasteiger partial charge in [0.1, 0.15) is 0 Å². The molecular weight excluding hydrogens is 332 g/mol. The van der Waals surface area contributed by atoms with E-state index >= 15 is 0 Å². The largest absolute Gasteiger partial charge is 0.273 e. The number of hydrazine groups is 1. The molecule has 4 fully saturated rings. The summed E-state index contributed by atoms with van der Waals surface area (Å²) in [7, 11) is 0. The summed E-state index contributed by atoms with van der Waals surface area (Å²) in [5, 5.41) is 0. The van der Waals surface area contributed by atoms with Crippen molar-refractivity contribution in [2.45, 2.75) is 49.8 Å². The lowest BCUT2D eigenvalue weighted by Crippen LogP contribution is -2.50. The highest BCUT2D eigenvalue weighted by Gasteiger charge is 2.51. The van der Waals surface area contributed by atoms with Crippen molar-refractivity contribution in [1.82, 2.24) is 10.9 Å². The molecule has 0 aromatic heterocycles. The molecule has 4 saturated carbocycles. The van der Waals surface area contributed by atoms with E-state index in [0.29, 0.717) is 12.2 Å². The summed E-state index contributed by atoms with van der Waals surface area (Å²) in [6, 6.07) is 9.81. The Hall–Kier alpha value is -1.49. The monoisotopic (exact) mass is 358 g/mol. The van der Waals surface area contributed by atoms with Crippen LogP contribution < -0.4 is 10.9 Å². The minimum absolute atomic E-state index is 0.0278. The van der Waals surface area contributed by atoms with E-state index in [4.69, 9.17) is 0 Å². The zero-order valence-corrected chi connectivity index (χ0v) is 15.3. The Bertz CT molecular complexity index is 611. The Kier molecular flexibility index (Phi) is 4.76. The van der Waals surface area contributed by atoms with E-state index in [0.717, 1.165) is 22.6 Å². The van der Waals surface area contributed by atoms with Crippen molar-refractivity contribution in [2.75, 3.05) is 5.75 Å². The molecule has 0 aliphatic heterocycles. The average Bonchev–Trinajstić information content (AvgIpc) is 2.57. The predicted octanol–water partition coefficient (Wildman–Crippen LogP) is 3.53. The second-order valence-electron chi connectivity index (χ2n) is 8.29. The van der Waals surface area contributed by atoms with Crippen LogP contribution >= 0.6 is 11.8 Å². The standard InChI is InChI=1S/C20H26N2O2S/c23-18(21-22-19(24)13-25-17-4-2-1-3-5-17)12-20-9-14-6-15(10-20)8-16(7-14)11-20/h1-5,14-16H,6-13H2,(H,21,23)(H,22,24). The van der Waals surface area contributed by atoms with Crippen LogP contribution in [0, 0.1) is 23.2 Å². The molecular formula is C20H26N2O2S. The number of hydrogen-bond acceptors (Lipinski definition) is 3. The minimum Gasteiger partial charge on any atom is -0.273 e. The predicted molar refractivity (Wildman–Crippen MR) is 98.7 cm³/mol. The van der Waals surface area contributed by atoms with Gasteiger partial charge >= 0.3 is 0 Å². The normalized spacial score (nSPS) is 32.4. The van der Waals surface area contributed by atoms with E-state index in [-0.39, 0.29) is 17.2 Å². The van der Waals surface area contributed by atoms with Gasteiger partial charge in [0, 0.05) is 11.3 Å². The number of hydrogen-bond donors (Lipinski definition) is 2. The molecule has 0 radical (unpaired) electrons. The lowest BCUT2D eigenvalue weighted by molar-refractivity contribution is -0.133. The van der Waals surface area contributed by atoms with Crippen LogP contribution in [0.4, 0.5) is 0 Å². The molecule has 134 valence electrons. The van der Waals surface area contributed by atoms with Crippen LogP contribution in [0.25, 0.3) is 0 Å². The molecule has 0 unspecified atom stereocenters. The maximum atomic E-state index is 12.4. The maximum Gasteiger partial charge on any atom is 0.248 e. The first-order valence-corrected chi connectivity index (χ1v) is 10.3. The molecule has 2 amide bonds. The van der Waals surface area contributed by atoms with Crippen molar-refractivity contribution in [1.29, 1.82) is 0 Å². The number of carbonyl (C=O) groups excluding carboxylic acids is 2.